The van der Waals surface area contributed by atoms with E-state index in [1.807, 2.05) is 0 Å². The van der Waals surface area contributed by atoms with Crippen molar-refractivity contribution in [3.63, 3.8) is 0 Å². The molecule has 18 heavy (non-hydrogen) atoms. The minimum absolute atomic E-state index is 0.369. The zero-order chi connectivity index (χ0) is 14.1. The van der Waals surface area contributed by atoms with Crippen LogP contribution in [0.4, 0.5) is 22.0 Å². The summed E-state index contributed by atoms with van der Waals surface area (Å²) in [5.41, 5.74) is -4.02. The Labute approximate surface area is 111 Å². The molecule has 100 valence electrons. The Kier molecular flexibility index (Phi) is 4.66. The van der Waals surface area contributed by atoms with Gasteiger partial charge in [0, 0.05) is 11.5 Å². The van der Waals surface area contributed by atoms with Crippen molar-refractivity contribution in [3.8, 4) is 0 Å². The van der Waals surface area contributed by atoms with Crippen LogP contribution >= 0.6 is 27.5 Å². The van der Waals surface area contributed by atoms with Crippen LogP contribution in [-0.4, -0.2) is 10.2 Å². The van der Waals surface area contributed by atoms with Gasteiger partial charge in [-0.05, 0) is 17.2 Å². The fraction of sp³-hybridized carbons (Fsp3) is 0.333. The van der Waals surface area contributed by atoms with E-state index in [0.29, 0.717) is 6.20 Å². The normalized spacial score (nSPS) is 12.0. The Balaban J connectivity index is 3.64. The second-order valence-corrected chi connectivity index (χ2v) is 4.02. The number of halogens is 7. The molecule has 9 heteroatoms. The van der Waals surface area contributed by atoms with E-state index in [0.717, 1.165) is 0 Å². The molecule has 0 fully saturated rings. The molecule has 0 aliphatic rings. The molecule has 0 saturated carbocycles. The number of rotatable bonds is 3. The zero-order valence-corrected chi connectivity index (χ0v) is 10.7. The molecule has 0 amide bonds. The number of nitrogens with zero attached hydrogens (tertiary/aromatic N) is 1. The zero-order valence-electron chi connectivity index (χ0n) is 8.36. The highest BCUT2D eigenvalue weighted by Crippen LogP contribution is 2.38. The van der Waals surface area contributed by atoms with Crippen molar-refractivity contribution in [1.82, 2.24) is 4.98 Å². The number of aromatic nitrogens is 1. The summed E-state index contributed by atoms with van der Waals surface area (Å²) in [6.45, 7) is 0. The van der Waals surface area contributed by atoms with Gasteiger partial charge in [0.1, 0.15) is 0 Å². The van der Waals surface area contributed by atoms with Crippen molar-refractivity contribution >= 4 is 32.8 Å². The van der Waals surface area contributed by atoms with Gasteiger partial charge in [0.25, 0.3) is 11.7 Å². The van der Waals surface area contributed by atoms with Gasteiger partial charge in [0.15, 0.2) is 5.69 Å². The van der Waals surface area contributed by atoms with Crippen LogP contribution in [0.2, 0.25) is 0 Å². The highest BCUT2D eigenvalue weighted by Gasteiger charge is 2.39. The Hall–Kier alpha value is -0.760. The molecular weight excluding hydrogens is 348 g/mol. The third-order valence-corrected chi connectivity index (χ3v) is 2.82. The smallest absolute Gasteiger partial charge is 0.276 e. The number of pyridine rings is 1. The van der Waals surface area contributed by atoms with Crippen molar-refractivity contribution in [3.05, 3.63) is 28.6 Å². The topological polar surface area (TPSA) is 30.0 Å². The molecule has 0 N–H and O–H groups in total. The molecule has 0 aromatic carbocycles. The maximum Gasteiger partial charge on any atom is 0.433 e. The monoisotopic (exact) mass is 351 g/mol. The number of hydrogen-bond donors (Lipinski definition) is 0. The van der Waals surface area contributed by atoms with Crippen LogP contribution in [0, 0.1) is 0 Å². The van der Waals surface area contributed by atoms with Crippen molar-refractivity contribution in [2.24, 2.45) is 0 Å². The number of carbonyl (C=O) groups is 1. The molecule has 0 atom stereocenters. The SMILES string of the molecule is O=C(Cl)c1cnc(C(F)(F)F)c(C(F)F)c1CBr. The van der Waals surface area contributed by atoms with Gasteiger partial charge >= 0.3 is 6.18 Å². The lowest BCUT2D eigenvalue weighted by molar-refractivity contribution is -0.143. The minimum Gasteiger partial charge on any atom is -0.276 e. The van der Waals surface area contributed by atoms with E-state index < -0.39 is 40.2 Å². The largest absolute Gasteiger partial charge is 0.433 e. The third kappa shape index (κ3) is 2.97. The Bertz CT molecular complexity index is 477. The lowest BCUT2D eigenvalue weighted by atomic mass is 10.0. The van der Waals surface area contributed by atoms with E-state index in [9.17, 15) is 26.7 Å². The van der Waals surface area contributed by atoms with Gasteiger partial charge in [-0.25, -0.2) is 8.78 Å². The van der Waals surface area contributed by atoms with Gasteiger partial charge in [-0.2, -0.15) is 13.2 Å². The van der Waals surface area contributed by atoms with Crippen molar-refractivity contribution in [2.75, 3.05) is 0 Å². The molecule has 0 aliphatic heterocycles. The van der Waals surface area contributed by atoms with E-state index in [1.165, 1.54) is 0 Å². The third-order valence-electron chi connectivity index (χ3n) is 2.06. The predicted octanol–water partition coefficient (Wildman–Crippen LogP) is 4.31. The average Bonchev–Trinajstić information content (AvgIpc) is 2.25. The van der Waals surface area contributed by atoms with Gasteiger partial charge in [0.05, 0.1) is 11.1 Å². The lowest BCUT2D eigenvalue weighted by Gasteiger charge is -2.16. The highest BCUT2D eigenvalue weighted by molar-refractivity contribution is 9.08. The van der Waals surface area contributed by atoms with Crippen LogP contribution in [0.1, 0.15) is 33.6 Å². The predicted molar refractivity (Wildman–Crippen MR) is 57.0 cm³/mol. The number of carbonyl (C=O) groups excluding carboxylic acids is 1. The Morgan fingerprint density at radius 2 is 2.00 bits per heavy atom. The van der Waals surface area contributed by atoms with Crippen LogP contribution in [0.25, 0.3) is 0 Å². The molecule has 1 aromatic rings. The Morgan fingerprint density at radius 1 is 1.44 bits per heavy atom. The van der Waals surface area contributed by atoms with Crippen LogP contribution in [-0.2, 0) is 11.5 Å². The van der Waals surface area contributed by atoms with Crippen molar-refractivity contribution < 1.29 is 26.7 Å². The first kappa shape index (κ1) is 15.3. The summed E-state index contributed by atoms with van der Waals surface area (Å²) in [6.07, 6.45) is -7.91. The van der Waals surface area contributed by atoms with Crippen LogP contribution in [0.15, 0.2) is 6.20 Å². The molecule has 0 aliphatic carbocycles. The molecule has 1 rings (SSSR count). The van der Waals surface area contributed by atoms with Gasteiger partial charge in [0.2, 0.25) is 0 Å². The second-order valence-electron chi connectivity index (χ2n) is 3.12. The van der Waals surface area contributed by atoms with Gasteiger partial charge in [-0.1, -0.05) is 15.9 Å². The van der Waals surface area contributed by atoms with Gasteiger partial charge in [-0.3, -0.25) is 9.78 Å². The van der Waals surface area contributed by atoms with E-state index >= 15 is 0 Å². The van der Waals surface area contributed by atoms with Crippen LogP contribution in [0.3, 0.4) is 0 Å². The molecule has 2 nitrogen and oxygen atoms in total. The first-order chi connectivity index (χ1) is 8.20. The van der Waals surface area contributed by atoms with E-state index in [4.69, 9.17) is 11.6 Å². The van der Waals surface area contributed by atoms with E-state index in [-0.39, 0.29) is 5.33 Å². The minimum atomic E-state index is -5.03. The molecule has 0 radical (unpaired) electrons. The molecule has 0 spiro atoms. The van der Waals surface area contributed by atoms with Crippen molar-refractivity contribution in [2.45, 2.75) is 17.9 Å². The molecule has 1 aromatic heterocycles. The molecular formula is C9H4BrClF5NO. The van der Waals surface area contributed by atoms with Crippen LogP contribution in [0.5, 0.6) is 0 Å². The molecule has 1 heterocycles. The fourth-order valence-electron chi connectivity index (χ4n) is 1.34. The number of hydrogen-bond acceptors (Lipinski definition) is 2. The molecule has 0 saturated heterocycles. The molecule has 0 bridgehead atoms. The maximum absolute atomic E-state index is 12.7. The summed E-state index contributed by atoms with van der Waals surface area (Å²) >= 11 is 7.86. The summed E-state index contributed by atoms with van der Waals surface area (Å²) in [7, 11) is 0. The Morgan fingerprint density at radius 3 is 2.33 bits per heavy atom. The quantitative estimate of drug-likeness (QED) is 0.461. The van der Waals surface area contributed by atoms with E-state index in [2.05, 4.69) is 20.9 Å². The highest BCUT2D eigenvalue weighted by atomic mass is 79.9. The summed E-state index contributed by atoms with van der Waals surface area (Å²) in [4.78, 5) is 13.8. The summed E-state index contributed by atoms with van der Waals surface area (Å²) < 4.78 is 63.1. The standard InChI is InChI=1S/C9H4BrClF5NO/c10-1-3-4(7(11)18)2-17-6(9(14,15)16)5(3)8(12)13/h2,8H,1H2. The first-order valence-corrected chi connectivity index (χ1v) is 5.83. The lowest BCUT2D eigenvalue weighted by Crippen LogP contribution is -2.16. The number of alkyl halides is 6. The first-order valence-electron chi connectivity index (χ1n) is 4.33. The second kappa shape index (κ2) is 5.48. The average molecular weight is 352 g/mol. The summed E-state index contributed by atoms with van der Waals surface area (Å²) in [5, 5.41) is -1.51. The van der Waals surface area contributed by atoms with Gasteiger partial charge in [-0.15, -0.1) is 0 Å². The van der Waals surface area contributed by atoms with Crippen LogP contribution < -0.4 is 0 Å². The van der Waals surface area contributed by atoms with Gasteiger partial charge < -0.3 is 0 Å². The summed E-state index contributed by atoms with van der Waals surface area (Å²) in [6, 6.07) is 0. The van der Waals surface area contributed by atoms with Crippen molar-refractivity contribution in [1.29, 1.82) is 0 Å². The van der Waals surface area contributed by atoms with E-state index in [1.54, 1.807) is 0 Å². The summed E-state index contributed by atoms with van der Waals surface area (Å²) in [5.74, 6) is 0. The molecule has 0 unspecified atom stereocenters. The maximum atomic E-state index is 12.7. The fourth-order valence-corrected chi connectivity index (χ4v) is 2.11.